The molecular weight excluding hydrogens is 527 g/mol. The van der Waals surface area contributed by atoms with Gasteiger partial charge in [0.2, 0.25) is 0 Å². The van der Waals surface area contributed by atoms with E-state index in [0.717, 1.165) is 32.7 Å². The predicted molar refractivity (Wildman–Crippen MR) is 153 cm³/mol. The number of ether oxygens (including phenoxy) is 2. The number of thioether (sulfide) groups is 1. The van der Waals surface area contributed by atoms with Crippen molar-refractivity contribution in [3.63, 3.8) is 0 Å². The van der Waals surface area contributed by atoms with Gasteiger partial charge in [-0.05, 0) is 71.8 Å². The number of rotatable bonds is 8. The molecule has 0 amide bonds. The maximum absolute atomic E-state index is 10.1. The van der Waals surface area contributed by atoms with Gasteiger partial charge in [-0.15, -0.1) is 0 Å². The Bertz CT molecular complexity index is 1400. The molecule has 8 heteroatoms. The highest BCUT2D eigenvalue weighted by molar-refractivity contribution is 8.13. The van der Waals surface area contributed by atoms with Gasteiger partial charge >= 0.3 is 0 Å². The van der Waals surface area contributed by atoms with Crippen molar-refractivity contribution in [1.29, 1.82) is 0 Å². The van der Waals surface area contributed by atoms with E-state index in [1.54, 1.807) is 38.5 Å². The molecule has 0 radical (unpaired) electrons. The molecular formula is C29H26Cl2N2O3S. The van der Waals surface area contributed by atoms with E-state index in [-0.39, 0.29) is 5.75 Å². The topological polar surface area (TPSA) is 54.3 Å². The number of benzene rings is 4. The number of halogens is 2. The number of methoxy groups -OCH3 is 2. The summed E-state index contributed by atoms with van der Waals surface area (Å²) in [5.74, 6) is 1.74. The minimum atomic E-state index is 0.210. The van der Waals surface area contributed by atoms with Crippen LogP contribution in [-0.2, 0) is 13.1 Å². The van der Waals surface area contributed by atoms with Gasteiger partial charge in [-0.2, -0.15) is 0 Å². The summed E-state index contributed by atoms with van der Waals surface area (Å²) in [4.78, 5) is 8.11. The van der Waals surface area contributed by atoms with Gasteiger partial charge in [-0.1, -0.05) is 65.3 Å². The Hall–Kier alpha value is -3.32. The number of aromatic hydroxyl groups is 1. The van der Waals surface area contributed by atoms with Crippen LogP contribution in [-0.4, -0.2) is 29.4 Å². The monoisotopic (exact) mass is 552 g/mol. The molecule has 0 saturated carbocycles. The summed E-state index contributed by atoms with van der Waals surface area (Å²) in [5, 5.41) is 11.7. The lowest BCUT2D eigenvalue weighted by Gasteiger charge is -2.26. The first-order valence-electron chi connectivity index (χ1n) is 11.4. The molecule has 0 aliphatic carbocycles. The number of hydrogen-bond acceptors (Lipinski definition) is 5. The zero-order valence-corrected chi connectivity index (χ0v) is 22.7. The molecule has 190 valence electrons. The van der Waals surface area contributed by atoms with Crippen LogP contribution in [0.3, 0.4) is 0 Å². The Morgan fingerprint density at radius 3 is 2.11 bits per heavy atom. The van der Waals surface area contributed by atoms with Gasteiger partial charge in [0.1, 0.15) is 17.2 Å². The molecule has 0 aliphatic rings. The van der Waals surface area contributed by atoms with E-state index in [1.165, 1.54) is 11.8 Å². The Morgan fingerprint density at radius 1 is 0.784 bits per heavy atom. The lowest BCUT2D eigenvalue weighted by Crippen LogP contribution is -2.28. The third-order valence-corrected chi connectivity index (χ3v) is 7.20. The van der Waals surface area contributed by atoms with E-state index >= 15 is 0 Å². The number of amidine groups is 1. The highest BCUT2D eigenvalue weighted by atomic mass is 35.5. The van der Waals surface area contributed by atoms with Crippen molar-refractivity contribution in [2.24, 2.45) is 4.99 Å². The van der Waals surface area contributed by atoms with E-state index in [9.17, 15) is 5.11 Å². The third-order valence-electron chi connectivity index (χ3n) is 5.44. The molecule has 0 saturated heterocycles. The van der Waals surface area contributed by atoms with Crippen LogP contribution in [0.25, 0.3) is 0 Å². The van der Waals surface area contributed by atoms with Crippen LogP contribution in [0.4, 0.5) is 5.69 Å². The highest BCUT2D eigenvalue weighted by Gasteiger charge is 2.17. The van der Waals surface area contributed by atoms with Gasteiger partial charge in [0.25, 0.3) is 0 Å². The van der Waals surface area contributed by atoms with Gasteiger partial charge in [-0.25, -0.2) is 4.99 Å². The fraction of sp³-hybridized carbons (Fsp3) is 0.138. The van der Waals surface area contributed by atoms with Gasteiger partial charge in [0.15, 0.2) is 5.17 Å². The Balaban J connectivity index is 1.79. The second-order valence-electron chi connectivity index (χ2n) is 8.15. The summed E-state index contributed by atoms with van der Waals surface area (Å²) < 4.78 is 10.9. The van der Waals surface area contributed by atoms with Crippen molar-refractivity contribution in [3.05, 3.63) is 112 Å². The van der Waals surface area contributed by atoms with Gasteiger partial charge in [0, 0.05) is 18.0 Å². The third kappa shape index (κ3) is 7.59. The van der Waals surface area contributed by atoms with Crippen LogP contribution in [0.5, 0.6) is 17.2 Å². The first kappa shape index (κ1) is 26.7. The Kier molecular flexibility index (Phi) is 9.23. The lowest BCUT2D eigenvalue weighted by atomic mass is 10.1. The standard InChI is InChI=1S/C29H26Cl2N2O3S/c1-35-24-9-4-7-21(15-24)19-33(18-20-6-3-8-23(34)14-20)29(32-22-12-13-27(30)28(31)16-22)37-26-11-5-10-25(17-26)36-2/h3-17,34H,18-19H2,1-2H3. The summed E-state index contributed by atoms with van der Waals surface area (Å²) in [6, 6.07) is 28.3. The molecule has 0 bridgehead atoms. The molecule has 0 heterocycles. The highest BCUT2D eigenvalue weighted by Crippen LogP contribution is 2.32. The van der Waals surface area contributed by atoms with Crippen LogP contribution in [0.15, 0.2) is 101 Å². The molecule has 4 aromatic rings. The van der Waals surface area contributed by atoms with Crippen molar-refractivity contribution in [2.75, 3.05) is 14.2 Å². The van der Waals surface area contributed by atoms with Crippen LogP contribution in [0.2, 0.25) is 10.0 Å². The summed E-state index contributed by atoms with van der Waals surface area (Å²) in [6.45, 7) is 1.05. The lowest BCUT2D eigenvalue weighted by molar-refractivity contribution is 0.402. The summed E-state index contributed by atoms with van der Waals surface area (Å²) in [6.07, 6.45) is 0. The fourth-order valence-electron chi connectivity index (χ4n) is 3.65. The largest absolute Gasteiger partial charge is 0.508 e. The second kappa shape index (κ2) is 12.8. The average molecular weight is 554 g/mol. The molecule has 4 rings (SSSR count). The molecule has 4 aromatic carbocycles. The molecule has 5 nitrogen and oxygen atoms in total. The van der Waals surface area contributed by atoms with Crippen molar-refractivity contribution >= 4 is 45.8 Å². The molecule has 37 heavy (non-hydrogen) atoms. The van der Waals surface area contributed by atoms with E-state index in [2.05, 4.69) is 4.90 Å². The van der Waals surface area contributed by atoms with E-state index in [4.69, 9.17) is 37.7 Å². The van der Waals surface area contributed by atoms with E-state index < -0.39 is 0 Å². The minimum Gasteiger partial charge on any atom is -0.508 e. The zero-order valence-electron chi connectivity index (χ0n) is 20.4. The summed E-state index contributed by atoms with van der Waals surface area (Å²) in [5.41, 5.74) is 2.66. The molecule has 0 spiro atoms. The first-order chi connectivity index (χ1) is 17.9. The normalized spacial score (nSPS) is 11.3. The second-order valence-corrected chi connectivity index (χ2v) is 10.0. The molecule has 0 aliphatic heterocycles. The molecule has 1 N–H and O–H groups in total. The average Bonchev–Trinajstić information content (AvgIpc) is 2.90. The fourth-order valence-corrected chi connectivity index (χ4v) is 4.88. The number of hydrogen-bond donors (Lipinski definition) is 1. The minimum absolute atomic E-state index is 0.210. The maximum atomic E-state index is 10.1. The van der Waals surface area contributed by atoms with Crippen LogP contribution in [0.1, 0.15) is 11.1 Å². The van der Waals surface area contributed by atoms with Crippen LogP contribution in [0, 0.1) is 0 Å². The Morgan fingerprint density at radius 2 is 1.43 bits per heavy atom. The molecule has 0 atom stereocenters. The van der Waals surface area contributed by atoms with Crippen LogP contribution < -0.4 is 9.47 Å². The van der Waals surface area contributed by atoms with Crippen molar-refractivity contribution in [1.82, 2.24) is 4.90 Å². The van der Waals surface area contributed by atoms with Crippen molar-refractivity contribution < 1.29 is 14.6 Å². The Labute approximate surface area is 231 Å². The van der Waals surface area contributed by atoms with Crippen LogP contribution >= 0.6 is 35.0 Å². The van der Waals surface area contributed by atoms with Crippen molar-refractivity contribution in [3.8, 4) is 17.2 Å². The van der Waals surface area contributed by atoms with Crippen molar-refractivity contribution in [2.45, 2.75) is 18.0 Å². The zero-order chi connectivity index (χ0) is 26.2. The maximum Gasteiger partial charge on any atom is 0.169 e. The van der Waals surface area contributed by atoms with Gasteiger partial charge in [0.05, 0.1) is 30.0 Å². The smallest absolute Gasteiger partial charge is 0.169 e. The molecule has 0 unspecified atom stereocenters. The van der Waals surface area contributed by atoms with E-state index in [1.807, 2.05) is 66.7 Å². The first-order valence-corrected chi connectivity index (χ1v) is 13.0. The predicted octanol–water partition coefficient (Wildman–Crippen LogP) is 8.20. The summed E-state index contributed by atoms with van der Waals surface area (Å²) in [7, 11) is 3.30. The number of phenols is 1. The van der Waals surface area contributed by atoms with Gasteiger partial charge < -0.3 is 19.5 Å². The number of nitrogens with zero attached hydrogens (tertiary/aromatic N) is 2. The number of aliphatic imine (C=N–C) groups is 1. The molecule has 0 aromatic heterocycles. The number of phenolic OH excluding ortho intramolecular Hbond substituents is 1. The molecule has 0 fully saturated rings. The SMILES string of the molecule is COc1cccc(CN(Cc2cccc(O)c2)C(=Nc2ccc(Cl)c(Cl)c2)Sc2cccc(OC)c2)c1. The van der Waals surface area contributed by atoms with E-state index in [0.29, 0.717) is 28.8 Å². The van der Waals surface area contributed by atoms with Gasteiger partial charge in [-0.3, -0.25) is 0 Å². The summed E-state index contributed by atoms with van der Waals surface area (Å²) >= 11 is 14.0. The quantitative estimate of drug-likeness (QED) is 0.135.